The highest BCUT2D eigenvalue weighted by Crippen LogP contribution is 2.16. The van der Waals surface area contributed by atoms with Crippen LogP contribution in [-0.2, 0) is 4.79 Å². The Morgan fingerprint density at radius 3 is 2.48 bits per heavy atom. The summed E-state index contributed by atoms with van der Waals surface area (Å²) in [7, 11) is 0. The van der Waals surface area contributed by atoms with Gasteiger partial charge in [0.15, 0.2) is 0 Å². The van der Waals surface area contributed by atoms with Crippen molar-refractivity contribution in [2.24, 2.45) is 5.92 Å². The SMILES string of the molecule is CC(C)CCC(C)(O)CNC(=O)c1ccc(NC=O)cc1. The summed E-state index contributed by atoms with van der Waals surface area (Å²) in [4.78, 5) is 22.3. The van der Waals surface area contributed by atoms with E-state index in [-0.39, 0.29) is 12.5 Å². The lowest BCUT2D eigenvalue weighted by Crippen LogP contribution is -2.40. The molecule has 0 radical (unpaired) electrons. The van der Waals surface area contributed by atoms with E-state index in [9.17, 15) is 14.7 Å². The van der Waals surface area contributed by atoms with Crippen molar-refractivity contribution in [3.05, 3.63) is 29.8 Å². The molecule has 0 aliphatic carbocycles. The third-order valence-corrected chi connectivity index (χ3v) is 3.26. The zero-order valence-electron chi connectivity index (χ0n) is 12.8. The van der Waals surface area contributed by atoms with Gasteiger partial charge in [0.1, 0.15) is 0 Å². The number of anilines is 1. The van der Waals surface area contributed by atoms with E-state index in [1.165, 1.54) is 0 Å². The van der Waals surface area contributed by atoms with Gasteiger partial charge in [-0.1, -0.05) is 13.8 Å². The largest absolute Gasteiger partial charge is 0.388 e. The second-order valence-corrected chi connectivity index (χ2v) is 5.95. The minimum atomic E-state index is -0.904. The molecule has 2 amide bonds. The van der Waals surface area contributed by atoms with E-state index in [0.29, 0.717) is 30.0 Å². The van der Waals surface area contributed by atoms with Gasteiger partial charge in [0.25, 0.3) is 5.91 Å². The molecular formula is C16H24N2O3. The van der Waals surface area contributed by atoms with Gasteiger partial charge in [0.2, 0.25) is 6.41 Å². The van der Waals surface area contributed by atoms with Gasteiger partial charge in [0, 0.05) is 17.8 Å². The first-order valence-electron chi connectivity index (χ1n) is 7.15. The van der Waals surface area contributed by atoms with Crippen molar-refractivity contribution in [1.82, 2.24) is 5.32 Å². The fourth-order valence-corrected chi connectivity index (χ4v) is 1.85. The smallest absolute Gasteiger partial charge is 0.251 e. The topological polar surface area (TPSA) is 78.4 Å². The molecule has 0 aliphatic heterocycles. The highest BCUT2D eigenvalue weighted by Gasteiger charge is 2.21. The van der Waals surface area contributed by atoms with Gasteiger partial charge in [-0.3, -0.25) is 9.59 Å². The van der Waals surface area contributed by atoms with Gasteiger partial charge < -0.3 is 15.7 Å². The summed E-state index contributed by atoms with van der Waals surface area (Å²) >= 11 is 0. The molecule has 0 fully saturated rings. The molecule has 0 spiro atoms. The minimum Gasteiger partial charge on any atom is -0.388 e. The summed E-state index contributed by atoms with van der Waals surface area (Å²) in [6, 6.07) is 6.56. The molecule has 0 saturated heterocycles. The van der Waals surface area contributed by atoms with Gasteiger partial charge in [0.05, 0.1) is 5.60 Å². The Balaban J connectivity index is 2.50. The van der Waals surface area contributed by atoms with Crippen molar-refractivity contribution < 1.29 is 14.7 Å². The first-order valence-corrected chi connectivity index (χ1v) is 7.15. The van der Waals surface area contributed by atoms with Crippen LogP contribution in [0.2, 0.25) is 0 Å². The Bertz CT molecular complexity index is 467. The summed E-state index contributed by atoms with van der Waals surface area (Å²) in [5.41, 5.74) is 0.218. The maximum atomic E-state index is 12.0. The van der Waals surface area contributed by atoms with Gasteiger partial charge in [-0.05, 0) is 49.9 Å². The van der Waals surface area contributed by atoms with Crippen LogP contribution in [-0.4, -0.2) is 29.6 Å². The Labute approximate surface area is 125 Å². The Hall–Kier alpha value is -1.88. The number of nitrogens with one attached hydrogen (secondary N) is 2. The predicted octanol–water partition coefficient (Wildman–Crippen LogP) is 2.17. The number of hydrogen-bond donors (Lipinski definition) is 3. The molecule has 0 aromatic heterocycles. The van der Waals surface area contributed by atoms with Crippen molar-refractivity contribution in [2.75, 3.05) is 11.9 Å². The van der Waals surface area contributed by atoms with Crippen LogP contribution in [0.3, 0.4) is 0 Å². The highest BCUT2D eigenvalue weighted by molar-refractivity contribution is 5.94. The van der Waals surface area contributed by atoms with E-state index in [1.807, 2.05) is 0 Å². The monoisotopic (exact) mass is 292 g/mol. The van der Waals surface area contributed by atoms with Crippen LogP contribution in [0.1, 0.15) is 44.0 Å². The number of amides is 2. The van der Waals surface area contributed by atoms with Crippen molar-refractivity contribution in [3.8, 4) is 0 Å². The molecular weight excluding hydrogens is 268 g/mol. The Morgan fingerprint density at radius 1 is 1.33 bits per heavy atom. The number of carbonyl (C=O) groups is 2. The zero-order valence-corrected chi connectivity index (χ0v) is 12.8. The third kappa shape index (κ3) is 6.40. The highest BCUT2D eigenvalue weighted by atomic mass is 16.3. The summed E-state index contributed by atoms with van der Waals surface area (Å²) in [5, 5.41) is 15.5. The van der Waals surface area contributed by atoms with E-state index in [0.717, 1.165) is 6.42 Å². The molecule has 1 rings (SSSR count). The van der Waals surface area contributed by atoms with Gasteiger partial charge in [-0.2, -0.15) is 0 Å². The van der Waals surface area contributed by atoms with Gasteiger partial charge >= 0.3 is 0 Å². The van der Waals surface area contributed by atoms with E-state index in [4.69, 9.17) is 0 Å². The molecule has 116 valence electrons. The number of rotatable bonds is 8. The average molecular weight is 292 g/mol. The average Bonchev–Trinajstić information content (AvgIpc) is 2.44. The van der Waals surface area contributed by atoms with Crippen molar-refractivity contribution in [1.29, 1.82) is 0 Å². The molecule has 1 atom stereocenters. The molecule has 3 N–H and O–H groups in total. The van der Waals surface area contributed by atoms with E-state index >= 15 is 0 Å². The van der Waals surface area contributed by atoms with E-state index in [1.54, 1.807) is 31.2 Å². The lowest BCUT2D eigenvalue weighted by Gasteiger charge is -2.24. The third-order valence-electron chi connectivity index (χ3n) is 3.26. The van der Waals surface area contributed by atoms with Crippen LogP contribution in [0.4, 0.5) is 5.69 Å². The Morgan fingerprint density at radius 2 is 1.95 bits per heavy atom. The first-order chi connectivity index (χ1) is 9.84. The van der Waals surface area contributed by atoms with Crippen LogP contribution < -0.4 is 10.6 Å². The second kappa shape index (κ2) is 7.78. The molecule has 1 aromatic carbocycles. The molecule has 0 saturated carbocycles. The second-order valence-electron chi connectivity index (χ2n) is 5.95. The molecule has 0 aliphatic rings. The predicted molar refractivity (Wildman–Crippen MR) is 83.2 cm³/mol. The minimum absolute atomic E-state index is 0.215. The molecule has 0 heterocycles. The van der Waals surface area contributed by atoms with E-state index < -0.39 is 5.60 Å². The number of aliphatic hydroxyl groups is 1. The fraction of sp³-hybridized carbons (Fsp3) is 0.500. The van der Waals surface area contributed by atoms with Gasteiger partial charge in [-0.15, -0.1) is 0 Å². The summed E-state index contributed by atoms with van der Waals surface area (Å²) in [6.07, 6.45) is 2.14. The normalized spacial score (nSPS) is 13.6. The molecule has 1 aromatic rings. The van der Waals surface area contributed by atoms with Crippen molar-refractivity contribution in [2.45, 2.75) is 39.2 Å². The number of benzene rings is 1. The summed E-state index contributed by atoms with van der Waals surface area (Å²) in [5.74, 6) is 0.280. The molecule has 21 heavy (non-hydrogen) atoms. The lowest BCUT2D eigenvalue weighted by atomic mass is 9.95. The quantitative estimate of drug-likeness (QED) is 0.643. The molecule has 5 heteroatoms. The van der Waals surface area contributed by atoms with Crippen LogP contribution in [0.15, 0.2) is 24.3 Å². The maximum Gasteiger partial charge on any atom is 0.251 e. The summed E-state index contributed by atoms with van der Waals surface area (Å²) < 4.78 is 0. The van der Waals surface area contributed by atoms with Crippen LogP contribution >= 0.6 is 0 Å². The van der Waals surface area contributed by atoms with Crippen LogP contribution in [0, 0.1) is 5.92 Å². The Kier molecular flexibility index (Phi) is 6.37. The van der Waals surface area contributed by atoms with Crippen molar-refractivity contribution >= 4 is 18.0 Å². The first kappa shape index (κ1) is 17.2. The summed E-state index contributed by atoms with van der Waals surface area (Å²) in [6.45, 7) is 6.15. The van der Waals surface area contributed by atoms with E-state index in [2.05, 4.69) is 24.5 Å². The number of hydrogen-bond acceptors (Lipinski definition) is 3. The standard InChI is InChI=1S/C16H24N2O3/c1-12(2)8-9-16(3,21)10-17-15(20)13-4-6-14(7-5-13)18-11-19/h4-7,11-12,21H,8-10H2,1-3H3,(H,17,20)(H,18,19). The zero-order chi connectivity index (χ0) is 15.9. The van der Waals surface area contributed by atoms with Gasteiger partial charge in [-0.25, -0.2) is 0 Å². The molecule has 5 nitrogen and oxygen atoms in total. The fourth-order valence-electron chi connectivity index (χ4n) is 1.85. The lowest BCUT2D eigenvalue weighted by molar-refractivity contribution is -0.105. The van der Waals surface area contributed by atoms with Crippen LogP contribution in [0.5, 0.6) is 0 Å². The van der Waals surface area contributed by atoms with Crippen molar-refractivity contribution in [3.63, 3.8) is 0 Å². The molecule has 1 unspecified atom stereocenters. The number of carbonyl (C=O) groups excluding carboxylic acids is 2. The van der Waals surface area contributed by atoms with Crippen LogP contribution in [0.25, 0.3) is 0 Å². The molecule has 0 bridgehead atoms. The maximum absolute atomic E-state index is 12.0.